The summed E-state index contributed by atoms with van der Waals surface area (Å²) < 4.78 is 5.29. The quantitative estimate of drug-likeness (QED) is 0.600. The van der Waals surface area contributed by atoms with Crippen molar-refractivity contribution in [3.05, 3.63) is 95.1 Å². The van der Waals surface area contributed by atoms with Crippen LogP contribution in [0.15, 0.2) is 72.8 Å². The third-order valence-electron chi connectivity index (χ3n) is 5.71. The molecule has 3 rings (SSSR count). The van der Waals surface area contributed by atoms with Crippen LogP contribution in [-0.2, 0) is 10.8 Å². The molecule has 27 heavy (non-hydrogen) atoms. The van der Waals surface area contributed by atoms with E-state index in [9.17, 15) is 5.11 Å². The molecular formula is C25H28O2. The molecule has 3 aromatic rings. The van der Waals surface area contributed by atoms with E-state index in [-0.39, 0.29) is 10.8 Å². The molecule has 0 unspecified atom stereocenters. The summed E-state index contributed by atoms with van der Waals surface area (Å²) in [5.41, 5.74) is 4.69. The largest absolute Gasteiger partial charge is 0.508 e. The number of phenolic OH excluding ortho intramolecular Hbond substituents is 1. The number of ether oxygens (including phenoxy) is 1. The van der Waals surface area contributed by atoms with E-state index in [2.05, 4.69) is 64.1 Å². The Morgan fingerprint density at radius 3 is 1.52 bits per heavy atom. The van der Waals surface area contributed by atoms with Gasteiger partial charge in [-0.15, -0.1) is 0 Å². The first-order chi connectivity index (χ1) is 12.7. The Labute approximate surface area is 162 Å². The summed E-state index contributed by atoms with van der Waals surface area (Å²) >= 11 is 0. The number of methoxy groups -OCH3 is 1. The van der Waals surface area contributed by atoms with Crippen molar-refractivity contribution in [3.8, 4) is 11.5 Å². The standard InChI is InChI=1S/C25H28O2/c1-24(2,18-9-13-22(26)14-10-18)20-7-6-8-21(17-20)25(3,4)19-11-15-23(27-5)16-12-19/h6-17,26H,1-5H3. The highest BCUT2D eigenvalue weighted by Gasteiger charge is 2.27. The normalized spacial score (nSPS) is 12.0. The lowest BCUT2D eigenvalue weighted by molar-refractivity contribution is 0.414. The predicted octanol–water partition coefficient (Wildman–Crippen LogP) is 6.05. The van der Waals surface area contributed by atoms with E-state index in [0.717, 1.165) is 5.75 Å². The fourth-order valence-corrected chi connectivity index (χ4v) is 3.52. The average Bonchev–Trinajstić information content (AvgIpc) is 2.68. The number of hydrogen-bond acceptors (Lipinski definition) is 2. The van der Waals surface area contributed by atoms with Gasteiger partial charge >= 0.3 is 0 Å². The van der Waals surface area contributed by atoms with E-state index in [1.54, 1.807) is 19.2 Å². The van der Waals surface area contributed by atoms with Crippen LogP contribution in [0, 0.1) is 0 Å². The van der Waals surface area contributed by atoms with Crippen LogP contribution < -0.4 is 4.74 Å². The van der Waals surface area contributed by atoms with Crippen LogP contribution in [0.5, 0.6) is 11.5 Å². The topological polar surface area (TPSA) is 29.5 Å². The molecule has 0 radical (unpaired) electrons. The molecule has 2 heteroatoms. The first-order valence-corrected chi connectivity index (χ1v) is 9.30. The van der Waals surface area contributed by atoms with Crippen LogP contribution in [0.25, 0.3) is 0 Å². The van der Waals surface area contributed by atoms with Gasteiger partial charge in [0, 0.05) is 10.8 Å². The van der Waals surface area contributed by atoms with Crippen molar-refractivity contribution in [1.29, 1.82) is 0 Å². The number of benzene rings is 3. The number of hydrogen-bond donors (Lipinski definition) is 1. The maximum atomic E-state index is 9.60. The fraction of sp³-hybridized carbons (Fsp3) is 0.280. The Bertz CT molecular complexity index is 904. The van der Waals surface area contributed by atoms with Gasteiger partial charge in [-0.2, -0.15) is 0 Å². The van der Waals surface area contributed by atoms with Gasteiger partial charge < -0.3 is 9.84 Å². The van der Waals surface area contributed by atoms with Crippen LogP contribution in [-0.4, -0.2) is 12.2 Å². The van der Waals surface area contributed by atoms with E-state index in [0.29, 0.717) is 5.75 Å². The van der Waals surface area contributed by atoms with Gasteiger partial charge in [-0.25, -0.2) is 0 Å². The Morgan fingerprint density at radius 2 is 1.07 bits per heavy atom. The third kappa shape index (κ3) is 3.71. The van der Waals surface area contributed by atoms with Gasteiger partial charge in [-0.3, -0.25) is 0 Å². The number of aromatic hydroxyl groups is 1. The maximum absolute atomic E-state index is 9.60. The van der Waals surface area contributed by atoms with Crippen molar-refractivity contribution in [2.24, 2.45) is 0 Å². The van der Waals surface area contributed by atoms with Gasteiger partial charge in [0.15, 0.2) is 0 Å². The highest BCUT2D eigenvalue weighted by Crippen LogP contribution is 2.37. The molecule has 0 aromatic heterocycles. The average molecular weight is 360 g/mol. The zero-order valence-electron chi connectivity index (χ0n) is 16.8. The molecule has 1 N–H and O–H groups in total. The summed E-state index contributed by atoms with van der Waals surface area (Å²) in [6.07, 6.45) is 0. The van der Waals surface area contributed by atoms with Crippen LogP contribution in [0.1, 0.15) is 49.9 Å². The molecule has 0 fully saturated rings. The predicted molar refractivity (Wildman–Crippen MR) is 112 cm³/mol. The molecule has 0 heterocycles. The first kappa shape index (κ1) is 19.0. The zero-order valence-corrected chi connectivity index (χ0v) is 16.8. The fourth-order valence-electron chi connectivity index (χ4n) is 3.52. The van der Waals surface area contributed by atoms with E-state index < -0.39 is 0 Å². The monoisotopic (exact) mass is 360 g/mol. The first-order valence-electron chi connectivity index (χ1n) is 9.30. The second kappa shape index (κ2) is 7.11. The van der Waals surface area contributed by atoms with Crippen molar-refractivity contribution in [2.45, 2.75) is 38.5 Å². The van der Waals surface area contributed by atoms with Gasteiger partial charge in [0.1, 0.15) is 11.5 Å². The summed E-state index contributed by atoms with van der Waals surface area (Å²) in [5, 5.41) is 9.60. The minimum absolute atomic E-state index is 0.118. The van der Waals surface area contributed by atoms with Gasteiger partial charge in [-0.05, 0) is 46.5 Å². The molecule has 0 atom stereocenters. The Balaban J connectivity index is 1.99. The summed E-state index contributed by atoms with van der Waals surface area (Å²) in [6.45, 7) is 8.95. The summed E-state index contributed by atoms with van der Waals surface area (Å²) in [4.78, 5) is 0. The van der Waals surface area contributed by atoms with E-state index >= 15 is 0 Å². The van der Waals surface area contributed by atoms with E-state index in [1.807, 2.05) is 24.3 Å². The molecule has 0 aliphatic rings. The minimum atomic E-state index is -0.153. The molecule has 0 spiro atoms. The molecule has 0 aliphatic heterocycles. The SMILES string of the molecule is COc1ccc(C(C)(C)c2cccc(C(C)(C)c3ccc(O)cc3)c2)cc1. The van der Waals surface area contributed by atoms with Gasteiger partial charge in [0.05, 0.1) is 7.11 Å². The molecule has 140 valence electrons. The zero-order chi connectivity index (χ0) is 19.7. The number of rotatable bonds is 5. The van der Waals surface area contributed by atoms with Gasteiger partial charge in [-0.1, -0.05) is 76.2 Å². The van der Waals surface area contributed by atoms with Crippen LogP contribution >= 0.6 is 0 Å². The molecule has 0 aliphatic carbocycles. The molecule has 0 bridgehead atoms. The molecule has 0 saturated carbocycles. The lowest BCUT2D eigenvalue weighted by Crippen LogP contribution is -2.22. The molecule has 0 amide bonds. The molecule has 3 aromatic carbocycles. The highest BCUT2D eigenvalue weighted by molar-refractivity contribution is 5.45. The lowest BCUT2D eigenvalue weighted by Gasteiger charge is -2.31. The maximum Gasteiger partial charge on any atom is 0.118 e. The molecule has 2 nitrogen and oxygen atoms in total. The Hall–Kier alpha value is -2.74. The van der Waals surface area contributed by atoms with Gasteiger partial charge in [0.25, 0.3) is 0 Å². The Kier molecular flexibility index (Phi) is 5.01. The van der Waals surface area contributed by atoms with Crippen molar-refractivity contribution < 1.29 is 9.84 Å². The van der Waals surface area contributed by atoms with Crippen molar-refractivity contribution >= 4 is 0 Å². The summed E-state index contributed by atoms with van der Waals surface area (Å²) in [6, 6.07) is 24.6. The van der Waals surface area contributed by atoms with Crippen molar-refractivity contribution in [3.63, 3.8) is 0 Å². The third-order valence-corrected chi connectivity index (χ3v) is 5.71. The van der Waals surface area contributed by atoms with E-state index in [4.69, 9.17) is 4.74 Å². The minimum Gasteiger partial charge on any atom is -0.508 e. The highest BCUT2D eigenvalue weighted by atomic mass is 16.5. The van der Waals surface area contributed by atoms with E-state index in [1.165, 1.54) is 22.3 Å². The second-order valence-corrected chi connectivity index (χ2v) is 8.11. The lowest BCUT2D eigenvalue weighted by atomic mass is 9.73. The molecule has 0 saturated heterocycles. The van der Waals surface area contributed by atoms with Gasteiger partial charge in [0.2, 0.25) is 0 Å². The Morgan fingerprint density at radius 1 is 0.630 bits per heavy atom. The van der Waals surface area contributed by atoms with Crippen LogP contribution in [0.3, 0.4) is 0 Å². The summed E-state index contributed by atoms with van der Waals surface area (Å²) in [5.74, 6) is 1.17. The van der Waals surface area contributed by atoms with Crippen molar-refractivity contribution in [2.75, 3.05) is 7.11 Å². The van der Waals surface area contributed by atoms with Crippen LogP contribution in [0.4, 0.5) is 0 Å². The smallest absolute Gasteiger partial charge is 0.118 e. The summed E-state index contributed by atoms with van der Waals surface area (Å²) in [7, 11) is 1.69. The number of phenols is 1. The molecular weight excluding hydrogens is 332 g/mol. The van der Waals surface area contributed by atoms with Crippen LogP contribution in [0.2, 0.25) is 0 Å². The second-order valence-electron chi connectivity index (χ2n) is 8.11. The van der Waals surface area contributed by atoms with Crippen molar-refractivity contribution in [1.82, 2.24) is 0 Å².